The van der Waals surface area contributed by atoms with Crippen molar-refractivity contribution in [1.82, 2.24) is 29.5 Å². The summed E-state index contributed by atoms with van der Waals surface area (Å²) in [6.45, 7) is 15.8. The quantitative estimate of drug-likeness (QED) is 0.560. The molecule has 2 aromatic rings. The van der Waals surface area contributed by atoms with Crippen molar-refractivity contribution in [2.24, 2.45) is 0 Å². The van der Waals surface area contributed by atoms with Gasteiger partial charge in [0.2, 0.25) is 5.95 Å². The summed E-state index contributed by atoms with van der Waals surface area (Å²) in [5.41, 5.74) is 2.23. The highest BCUT2D eigenvalue weighted by atomic mass is 16.6. The fourth-order valence-corrected chi connectivity index (χ4v) is 3.46. The third-order valence-electron chi connectivity index (χ3n) is 5.55. The average molecular weight is 488 g/mol. The highest BCUT2D eigenvalue weighted by molar-refractivity contribution is 5.68. The Balaban J connectivity index is 0.00000210. The number of aldehydes is 1. The average Bonchev–Trinajstić information content (AvgIpc) is 3.18. The first-order chi connectivity index (χ1) is 16.6. The number of nitrogens with one attached hydrogen (secondary N) is 1. The molecule has 1 aliphatic rings. The minimum Gasteiger partial charge on any atom is -0.444 e. The van der Waals surface area contributed by atoms with E-state index in [0.29, 0.717) is 37.3 Å². The Labute approximate surface area is 209 Å². The molecule has 1 N–H and O–H groups in total. The van der Waals surface area contributed by atoms with Crippen LogP contribution in [0.25, 0.3) is 0 Å². The van der Waals surface area contributed by atoms with Crippen LogP contribution in [0.2, 0.25) is 0 Å². The molecule has 1 amide bonds. The highest BCUT2D eigenvalue weighted by Gasteiger charge is 2.27. The van der Waals surface area contributed by atoms with Crippen LogP contribution in [0.1, 0.15) is 65.4 Å². The smallest absolute Gasteiger partial charge is 0.410 e. The van der Waals surface area contributed by atoms with Crippen LogP contribution in [0.15, 0.2) is 12.3 Å². The van der Waals surface area contributed by atoms with Gasteiger partial charge >= 0.3 is 6.09 Å². The van der Waals surface area contributed by atoms with Crippen LogP contribution in [0.4, 0.5) is 16.6 Å². The van der Waals surface area contributed by atoms with Gasteiger partial charge in [0.1, 0.15) is 11.9 Å². The molecule has 1 aliphatic heterocycles. The highest BCUT2D eigenvalue weighted by Crippen LogP contribution is 2.22. The number of amides is 1. The fourth-order valence-electron chi connectivity index (χ4n) is 3.46. The van der Waals surface area contributed by atoms with Gasteiger partial charge in [-0.3, -0.25) is 4.68 Å². The van der Waals surface area contributed by atoms with E-state index in [1.807, 2.05) is 40.7 Å². The van der Waals surface area contributed by atoms with E-state index in [0.717, 1.165) is 36.2 Å². The summed E-state index contributed by atoms with van der Waals surface area (Å²) in [6, 6.07) is 2.36. The Morgan fingerprint density at radius 3 is 2.66 bits per heavy atom. The number of carbonyl (C=O) groups is 2. The lowest BCUT2D eigenvalue weighted by atomic mass is 10.1. The number of nitrogens with zero attached hydrogens (tertiary/aromatic N) is 6. The second-order valence-corrected chi connectivity index (χ2v) is 9.64. The molecule has 0 radical (unpaired) electrons. The third kappa shape index (κ3) is 8.31. The molecule has 3 rings (SSSR count). The van der Waals surface area contributed by atoms with E-state index in [-0.39, 0.29) is 12.6 Å². The Bertz CT molecular complexity index is 982. The second-order valence-electron chi connectivity index (χ2n) is 9.64. The number of rotatable bonds is 8. The van der Waals surface area contributed by atoms with Crippen molar-refractivity contribution in [2.75, 3.05) is 25.5 Å². The van der Waals surface area contributed by atoms with Crippen molar-refractivity contribution in [2.45, 2.75) is 86.0 Å². The molecule has 0 saturated heterocycles. The maximum Gasteiger partial charge on any atom is 0.410 e. The van der Waals surface area contributed by atoms with Gasteiger partial charge in [-0.1, -0.05) is 13.8 Å². The summed E-state index contributed by atoms with van der Waals surface area (Å²) >= 11 is 0. The van der Waals surface area contributed by atoms with Crippen LogP contribution in [-0.2, 0) is 35.5 Å². The van der Waals surface area contributed by atoms with Crippen molar-refractivity contribution in [3.63, 3.8) is 0 Å². The molecule has 35 heavy (non-hydrogen) atoms. The Hall–Kier alpha value is -3.01. The molecular formula is C25H41N7O3. The zero-order chi connectivity index (χ0) is 26.2. The van der Waals surface area contributed by atoms with Gasteiger partial charge in [-0.25, -0.2) is 14.8 Å². The van der Waals surface area contributed by atoms with E-state index in [1.54, 1.807) is 15.8 Å². The molecule has 0 bridgehead atoms. The molecule has 0 saturated carbocycles. The number of likely N-dealkylation sites (N-methyl/N-ethyl adjacent to an activating group) is 1. The zero-order valence-electron chi connectivity index (χ0n) is 22.5. The van der Waals surface area contributed by atoms with Gasteiger partial charge in [0.05, 0.1) is 18.8 Å². The van der Waals surface area contributed by atoms with Gasteiger partial charge in [-0.2, -0.15) is 5.10 Å². The van der Waals surface area contributed by atoms with E-state index in [9.17, 15) is 9.59 Å². The first-order valence-corrected chi connectivity index (χ1v) is 12.4. The van der Waals surface area contributed by atoms with Crippen molar-refractivity contribution < 1.29 is 14.3 Å². The molecular weight excluding hydrogens is 446 g/mol. The second kappa shape index (κ2) is 12.6. The van der Waals surface area contributed by atoms with Crippen LogP contribution in [-0.4, -0.2) is 73.7 Å². The summed E-state index contributed by atoms with van der Waals surface area (Å²) in [6.07, 6.45) is 3.74. The van der Waals surface area contributed by atoms with E-state index in [4.69, 9.17) is 4.74 Å². The Morgan fingerprint density at radius 2 is 2.03 bits per heavy atom. The van der Waals surface area contributed by atoms with Crippen molar-refractivity contribution in [3.05, 3.63) is 29.2 Å². The predicted molar refractivity (Wildman–Crippen MR) is 137 cm³/mol. The van der Waals surface area contributed by atoms with Gasteiger partial charge < -0.3 is 24.6 Å². The van der Waals surface area contributed by atoms with Crippen LogP contribution in [0.3, 0.4) is 0 Å². The van der Waals surface area contributed by atoms with Crippen LogP contribution < -0.4 is 5.32 Å². The lowest BCUT2D eigenvalue weighted by molar-refractivity contribution is -0.108. The van der Waals surface area contributed by atoms with Gasteiger partial charge in [0.25, 0.3) is 0 Å². The molecule has 10 heteroatoms. The van der Waals surface area contributed by atoms with Crippen molar-refractivity contribution in [3.8, 4) is 0 Å². The number of aromatic nitrogens is 4. The molecule has 10 nitrogen and oxygen atoms in total. The first-order valence-electron chi connectivity index (χ1n) is 12.4. The van der Waals surface area contributed by atoms with Gasteiger partial charge in [0.15, 0.2) is 5.82 Å². The Morgan fingerprint density at radius 1 is 1.31 bits per heavy atom. The number of anilines is 2. The summed E-state index contributed by atoms with van der Waals surface area (Å²) in [7, 11) is 2.08. The van der Waals surface area contributed by atoms with E-state index in [1.165, 1.54) is 0 Å². The molecule has 0 unspecified atom stereocenters. The van der Waals surface area contributed by atoms with E-state index in [2.05, 4.69) is 46.2 Å². The van der Waals surface area contributed by atoms with Gasteiger partial charge in [-0.15, -0.1) is 0 Å². The predicted octanol–water partition coefficient (Wildman–Crippen LogP) is 3.82. The van der Waals surface area contributed by atoms with E-state index >= 15 is 0 Å². The molecule has 0 aliphatic carbocycles. The molecule has 0 atom stereocenters. The monoisotopic (exact) mass is 487 g/mol. The lowest BCUT2D eigenvalue weighted by Gasteiger charge is -2.30. The van der Waals surface area contributed by atoms with Crippen LogP contribution in [0, 0.1) is 0 Å². The molecule has 0 spiro atoms. The number of ether oxygens (including phenoxy) is 1. The number of hydrogen-bond donors (Lipinski definition) is 1. The number of hydrogen-bond acceptors (Lipinski definition) is 8. The minimum absolute atomic E-state index is 0.193. The summed E-state index contributed by atoms with van der Waals surface area (Å²) < 4.78 is 7.20. The summed E-state index contributed by atoms with van der Waals surface area (Å²) in [5, 5.41) is 7.65. The maximum absolute atomic E-state index is 12.5. The Kier molecular flexibility index (Phi) is 10.2. The lowest BCUT2D eigenvalue weighted by Crippen LogP contribution is -2.40. The van der Waals surface area contributed by atoms with Crippen LogP contribution >= 0.6 is 0 Å². The molecule has 0 aromatic carbocycles. The van der Waals surface area contributed by atoms with Gasteiger partial charge in [-0.05, 0) is 53.7 Å². The van der Waals surface area contributed by atoms with E-state index < -0.39 is 5.60 Å². The SMILES string of the molecule is CC.CC(C)N(C)CCc1cc(Nc2ncc3c(n2)CN(C(=O)OC(C)(C)C)CC3)nn1CC=O. The topological polar surface area (TPSA) is 105 Å². The standard InChI is InChI=1S/C23H35N7O3.C2H6/c1-16(2)28(6)9-8-18-13-20(27-30(18)11-12-31)26-21-24-14-17-7-10-29(15-19(17)25-21)22(32)33-23(3,4)5;1-2/h12-14,16H,7-11,15H2,1-6H3,(H,24,25,26,27);1-2H3. The minimum atomic E-state index is -0.544. The van der Waals surface area contributed by atoms with Crippen molar-refractivity contribution in [1.29, 1.82) is 0 Å². The number of carbonyl (C=O) groups excluding carboxylic acids is 2. The normalized spacial score (nSPS) is 13.3. The zero-order valence-corrected chi connectivity index (χ0v) is 22.5. The summed E-state index contributed by atoms with van der Waals surface area (Å²) in [4.78, 5) is 36.5. The largest absolute Gasteiger partial charge is 0.444 e. The fraction of sp³-hybridized carbons (Fsp3) is 0.640. The molecule has 0 fully saturated rings. The molecule has 194 valence electrons. The third-order valence-corrected chi connectivity index (χ3v) is 5.55. The number of fused-ring (bicyclic) bond motifs is 1. The van der Waals surface area contributed by atoms with Gasteiger partial charge in [0, 0.05) is 43.5 Å². The van der Waals surface area contributed by atoms with Crippen molar-refractivity contribution >= 4 is 24.1 Å². The van der Waals surface area contributed by atoms with Crippen LogP contribution in [0.5, 0.6) is 0 Å². The maximum atomic E-state index is 12.5. The first kappa shape index (κ1) is 28.2. The summed E-state index contributed by atoms with van der Waals surface area (Å²) in [5.74, 6) is 0.986. The molecule has 3 heterocycles. The molecule has 2 aromatic heterocycles.